The number of aliphatic carboxylic acids is 1. The maximum Gasteiger partial charge on any atom is 0.320 e. The molecule has 1 aromatic carbocycles. The van der Waals surface area contributed by atoms with E-state index in [2.05, 4.69) is 26.3 Å². The zero-order valence-corrected chi connectivity index (χ0v) is 25.4. The Kier molecular flexibility index (Phi) is 8.46. The summed E-state index contributed by atoms with van der Waals surface area (Å²) in [4.78, 5) is 27.9. The van der Waals surface area contributed by atoms with Gasteiger partial charge in [-0.2, -0.15) is 0 Å². The highest BCUT2D eigenvalue weighted by Crippen LogP contribution is 2.31. The molecule has 5 heterocycles. The van der Waals surface area contributed by atoms with Gasteiger partial charge in [-0.3, -0.25) is 9.69 Å². The highest BCUT2D eigenvalue weighted by molar-refractivity contribution is 6.30. The Hall–Kier alpha value is -4.31. The summed E-state index contributed by atoms with van der Waals surface area (Å²) in [5.74, 6) is 3.42. The number of likely N-dealkylation sites (tertiary alicyclic amines) is 1. The van der Waals surface area contributed by atoms with Crippen molar-refractivity contribution in [2.45, 2.75) is 57.1 Å². The zero-order chi connectivity index (χ0) is 31.8. The van der Waals surface area contributed by atoms with Crippen LogP contribution < -0.4 is 9.47 Å². The molecule has 2 unspecified atom stereocenters. The first-order chi connectivity index (χ1) is 22.3. The molecule has 0 saturated carbocycles. The number of rotatable bonds is 11. The van der Waals surface area contributed by atoms with Crippen molar-refractivity contribution >= 4 is 28.7 Å². The van der Waals surface area contributed by atoms with Crippen LogP contribution in [0.3, 0.4) is 0 Å². The topological polar surface area (TPSA) is 112 Å². The van der Waals surface area contributed by atoms with Crippen LogP contribution in [0.1, 0.15) is 42.4 Å². The number of halogens is 3. The van der Waals surface area contributed by atoms with Gasteiger partial charge in [0, 0.05) is 30.8 Å². The first-order valence-electron chi connectivity index (χ1n) is 15.1. The van der Waals surface area contributed by atoms with Crippen LogP contribution in [0.5, 0.6) is 11.6 Å². The van der Waals surface area contributed by atoms with Crippen LogP contribution in [0, 0.1) is 29.4 Å². The number of nitrogens with zero attached hydrogens (tertiary/aromatic N) is 5. The van der Waals surface area contributed by atoms with Crippen LogP contribution in [-0.4, -0.2) is 67.4 Å². The Bertz CT molecular complexity index is 1850. The molecule has 3 aliphatic rings. The Morgan fingerprint density at radius 1 is 1.04 bits per heavy atom. The number of carboxylic acids is 1. The molecule has 1 aliphatic carbocycles. The minimum absolute atomic E-state index is 0.0123. The summed E-state index contributed by atoms with van der Waals surface area (Å²) < 4.78 is 47.9. The molecule has 0 bridgehead atoms. The van der Waals surface area contributed by atoms with Crippen LogP contribution in [0.2, 0.25) is 5.02 Å². The second-order valence-electron chi connectivity index (χ2n) is 11.6. The molecular formula is C33H30ClF2N5O5. The van der Waals surface area contributed by atoms with E-state index in [4.69, 9.17) is 35.8 Å². The monoisotopic (exact) mass is 649 g/mol. The average Bonchev–Trinajstić information content (AvgIpc) is 3.32. The number of ether oxygens (including phenoxy) is 3. The lowest BCUT2D eigenvalue weighted by atomic mass is 9.83. The molecule has 2 saturated heterocycles. The molecule has 4 aromatic rings. The van der Waals surface area contributed by atoms with Gasteiger partial charge in [-0.25, -0.2) is 23.7 Å². The number of hydrogen-bond donors (Lipinski definition) is 1. The van der Waals surface area contributed by atoms with E-state index in [9.17, 15) is 18.7 Å². The minimum Gasteiger partial charge on any atom is -0.484 e. The molecule has 1 N–H and O–H groups in total. The molecule has 3 aromatic heterocycles. The lowest BCUT2D eigenvalue weighted by Crippen LogP contribution is -2.39. The van der Waals surface area contributed by atoms with Gasteiger partial charge in [0.2, 0.25) is 5.88 Å². The maximum absolute atomic E-state index is 14.5. The molecule has 2 fully saturated rings. The average molecular weight is 650 g/mol. The number of imidazole rings is 1. The molecule has 238 valence electrons. The Morgan fingerprint density at radius 3 is 2.57 bits per heavy atom. The lowest BCUT2D eigenvalue weighted by Gasteiger charge is -2.32. The predicted molar refractivity (Wildman–Crippen MR) is 162 cm³/mol. The summed E-state index contributed by atoms with van der Waals surface area (Å²) in [6.07, 6.45) is 2.38. The van der Waals surface area contributed by atoms with E-state index in [-0.39, 0.29) is 41.2 Å². The first kappa shape index (κ1) is 30.3. The third kappa shape index (κ3) is 6.35. The van der Waals surface area contributed by atoms with Gasteiger partial charge in [0.15, 0.2) is 17.2 Å². The predicted octanol–water partition coefficient (Wildman–Crippen LogP) is 4.97. The molecule has 7 rings (SSSR count). The normalized spacial score (nSPS) is 21.2. The van der Waals surface area contributed by atoms with Gasteiger partial charge >= 0.3 is 5.97 Å². The van der Waals surface area contributed by atoms with Crippen LogP contribution in [0.15, 0.2) is 42.5 Å². The molecule has 0 radical (unpaired) electrons. The smallest absolute Gasteiger partial charge is 0.320 e. The van der Waals surface area contributed by atoms with Crippen molar-refractivity contribution in [3.05, 3.63) is 76.3 Å². The SMILES string of the molecule is O=C(O)C1C#CC1c1ccc2nc(CN3CCC(Oc4ccc(F)c(COc5ccc(Cl)cc5F)n4)CC3)n(C[C@@H]3CCO3)c2n1. The van der Waals surface area contributed by atoms with Crippen molar-refractivity contribution in [1.29, 1.82) is 0 Å². The van der Waals surface area contributed by atoms with E-state index in [1.807, 2.05) is 12.1 Å². The molecule has 46 heavy (non-hydrogen) atoms. The maximum atomic E-state index is 14.5. The number of aromatic nitrogens is 4. The third-order valence-electron chi connectivity index (χ3n) is 8.52. The Labute approximate surface area is 268 Å². The van der Waals surface area contributed by atoms with E-state index in [0.29, 0.717) is 24.4 Å². The largest absolute Gasteiger partial charge is 0.484 e. The van der Waals surface area contributed by atoms with E-state index < -0.39 is 29.4 Å². The van der Waals surface area contributed by atoms with Crippen LogP contribution >= 0.6 is 11.6 Å². The molecule has 10 nitrogen and oxygen atoms in total. The molecule has 3 atom stereocenters. The van der Waals surface area contributed by atoms with Gasteiger partial charge in [0.25, 0.3) is 0 Å². The Balaban J connectivity index is 0.994. The standard InChI is InChI=1S/C33H30ClF2N5O5/c34-19-1-7-29(25(36)15-19)45-18-28-24(35)4-8-31(38-28)46-20-9-12-40(13-10-20)17-30-37-27-6-5-26(22-2-3-23(22)33(42)43)39-32(27)41(30)16-21-11-14-44-21/h1,4-8,15,20-23H,9-14,16-18H2,(H,42,43)/t21-,22?,23?/m0/s1. The van der Waals surface area contributed by atoms with Gasteiger partial charge in [-0.1, -0.05) is 23.4 Å². The number of piperidine rings is 1. The molecule has 0 amide bonds. The van der Waals surface area contributed by atoms with Crippen molar-refractivity contribution in [3.63, 3.8) is 0 Å². The number of benzene rings is 1. The minimum atomic E-state index is -0.939. The highest BCUT2D eigenvalue weighted by Gasteiger charge is 2.34. The van der Waals surface area contributed by atoms with Crippen molar-refractivity contribution in [1.82, 2.24) is 24.4 Å². The van der Waals surface area contributed by atoms with Gasteiger partial charge in [0.05, 0.1) is 30.8 Å². The fourth-order valence-corrected chi connectivity index (χ4v) is 5.96. The van der Waals surface area contributed by atoms with Crippen LogP contribution in [-0.2, 0) is 29.2 Å². The first-order valence-corrected chi connectivity index (χ1v) is 15.5. The van der Waals surface area contributed by atoms with Crippen molar-refractivity contribution in [2.75, 3.05) is 19.7 Å². The second-order valence-corrected chi connectivity index (χ2v) is 12.1. The van der Waals surface area contributed by atoms with Crippen molar-refractivity contribution in [2.24, 2.45) is 5.92 Å². The summed E-state index contributed by atoms with van der Waals surface area (Å²) in [5, 5.41) is 9.70. The summed E-state index contributed by atoms with van der Waals surface area (Å²) in [6.45, 7) is 3.18. The van der Waals surface area contributed by atoms with Gasteiger partial charge < -0.3 is 23.9 Å². The van der Waals surface area contributed by atoms with Crippen LogP contribution in [0.25, 0.3) is 11.2 Å². The summed E-state index contributed by atoms with van der Waals surface area (Å²) in [6, 6.07) is 10.5. The second kappa shape index (κ2) is 12.8. The van der Waals surface area contributed by atoms with Crippen LogP contribution in [0.4, 0.5) is 8.78 Å². The highest BCUT2D eigenvalue weighted by atomic mass is 35.5. The fourth-order valence-electron chi connectivity index (χ4n) is 5.81. The quantitative estimate of drug-likeness (QED) is 0.225. The van der Waals surface area contributed by atoms with Crippen molar-refractivity contribution in [3.8, 4) is 23.5 Å². The van der Waals surface area contributed by atoms with E-state index in [1.165, 1.54) is 24.3 Å². The van der Waals surface area contributed by atoms with Gasteiger partial charge in [-0.15, -0.1) is 0 Å². The van der Waals surface area contributed by atoms with E-state index in [0.717, 1.165) is 56.4 Å². The number of carboxylic acid groups (broad SMARTS) is 1. The number of pyridine rings is 2. The summed E-state index contributed by atoms with van der Waals surface area (Å²) in [7, 11) is 0. The van der Waals surface area contributed by atoms with Gasteiger partial charge in [-0.05, 0) is 55.7 Å². The number of fused-ring (bicyclic) bond motifs is 1. The number of hydrogen-bond acceptors (Lipinski definition) is 8. The fraction of sp³-hybridized carbons (Fsp3) is 0.394. The summed E-state index contributed by atoms with van der Waals surface area (Å²) >= 11 is 5.79. The molecule has 0 spiro atoms. The zero-order valence-electron chi connectivity index (χ0n) is 24.7. The van der Waals surface area contributed by atoms with Crippen molar-refractivity contribution < 1.29 is 32.9 Å². The molecule has 2 aliphatic heterocycles. The number of carbonyl (C=O) groups is 1. The van der Waals surface area contributed by atoms with E-state index in [1.54, 1.807) is 0 Å². The molecule has 13 heteroatoms. The van der Waals surface area contributed by atoms with E-state index >= 15 is 0 Å². The molecular weight excluding hydrogens is 620 g/mol. The lowest BCUT2D eigenvalue weighted by molar-refractivity contribution is -0.140. The Morgan fingerprint density at radius 2 is 1.87 bits per heavy atom. The third-order valence-corrected chi connectivity index (χ3v) is 8.76. The summed E-state index contributed by atoms with van der Waals surface area (Å²) in [5.41, 5.74) is 2.11. The van der Waals surface area contributed by atoms with Gasteiger partial charge in [0.1, 0.15) is 41.5 Å².